The minimum atomic E-state index is 0.539. The molecule has 0 aliphatic heterocycles. The SMILES string of the molecule is C#CCCCCNC1CCC(C(C)(C)CC)CC1. The molecule has 0 unspecified atom stereocenters. The Morgan fingerprint density at radius 2 is 1.83 bits per heavy atom. The Labute approximate surface area is 114 Å². The van der Waals surface area contributed by atoms with Crippen molar-refractivity contribution in [3.8, 4) is 12.3 Å². The third-order valence-corrected chi connectivity index (χ3v) is 4.92. The Balaban J connectivity index is 2.14. The molecule has 1 aliphatic rings. The Bertz CT molecular complexity index is 253. The molecule has 0 aromatic carbocycles. The van der Waals surface area contributed by atoms with Crippen LogP contribution in [0.15, 0.2) is 0 Å². The van der Waals surface area contributed by atoms with E-state index in [0.717, 1.165) is 24.9 Å². The van der Waals surface area contributed by atoms with Gasteiger partial charge in [-0.25, -0.2) is 0 Å². The van der Waals surface area contributed by atoms with Crippen molar-refractivity contribution in [3.63, 3.8) is 0 Å². The molecule has 0 heterocycles. The normalized spacial score (nSPS) is 24.8. The molecule has 1 heteroatoms. The van der Waals surface area contributed by atoms with Crippen molar-refractivity contribution in [1.82, 2.24) is 5.32 Å². The van der Waals surface area contributed by atoms with Crippen molar-refractivity contribution in [1.29, 1.82) is 0 Å². The molecule has 0 aromatic rings. The van der Waals surface area contributed by atoms with Gasteiger partial charge >= 0.3 is 0 Å². The molecule has 0 radical (unpaired) electrons. The van der Waals surface area contributed by atoms with Gasteiger partial charge < -0.3 is 5.32 Å². The quantitative estimate of drug-likeness (QED) is 0.522. The van der Waals surface area contributed by atoms with Crippen LogP contribution in [0.5, 0.6) is 0 Å². The van der Waals surface area contributed by atoms with Crippen molar-refractivity contribution in [2.24, 2.45) is 11.3 Å². The average molecular weight is 249 g/mol. The summed E-state index contributed by atoms with van der Waals surface area (Å²) in [6, 6.07) is 0.764. The number of rotatable bonds is 7. The molecule has 1 N–H and O–H groups in total. The second-order valence-corrected chi connectivity index (χ2v) is 6.51. The van der Waals surface area contributed by atoms with Gasteiger partial charge in [-0.15, -0.1) is 12.3 Å². The second kappa shape index (κ2) is 7.85. The molecule has 1 fully saturated rings. The van der Waals surface area contributed by atoms with Gasteiger partial charge in [0.25, 0.3) is 0 Å². The minimum absolute atomic E-state index is 0.539. The van der Waals surface area contributed by atoms with Crippen molar-refractivity contribution >= 4 is 0 Å². The fourth-order valence-corrected chi connectivity index (χ4v) is 3.03. The fraction of sp³-hybridized carbons (Fsp3) is 0.882. The molecule has 0 atom stereocenters. The summed E-state index contributed by atoms with van der Waals surface area (Å²) in [7, 11) is 0. The predicted octanol–water partition coefficient (Wildman–Crippen LogP) is 4.37. The molecule has 0 amide bonds. The van der Waals surface area contributed by atoms with E-state index in [0.29, 0.717) is 5.41 Å². The summed E-state index contributed by atoms with van der Waals surface area (Å²) in [5.41, 5.74) is 0.539. The number of hydrogen-bond acceptors (Lipinski definition) is 1. The summed E-state index contributed by atoms with van der Waals surface area (Å²) in [5, 5.41) is 3.70. The molecule has 104 valence electrons. The first-order chi connectivity index (χ1) is 8.60. The second-order valence-electron chi connectivity index (χ2n) is 6.51. The molecule has 18 heavy (non-hydrogen) atoms. The zero-order chi connectivity index (χ0) is 13.4. The molecule has 1 aliphatic carbocycles. The number of hydrogen-bond donors (Lipinski definition) is 1. The van der Waals surface area contributed by atoms with Crippen LogP contribution in [0.3, 0.4) is 0 Å². The van der Waals surface area contributed by atoms with E-state index >= 15 is 0 Å². The third kappa shape index (κ3) is 5.02. The highest BCUT2D eigenvalue weighted by molar-refractivity contribution is 4.85. The largest absolute Gasteiger partial charge is 0.314 e. The zero-order valence-corrected chi connectivity index (χ0v) is 12.6. The lowest BCUT2D eigenvalue weighted by Gasteiger charge is -2.39. The summed E-state index contributed by atoms with van der Waals surface area (Å²) < 4.78 is 0. The Morgan fingerprint density at radius 3 is 2.39 bits per heavy atom. The van der Waals surface area contributed by atoms with Gasteiger partial charge in [0, 0.05) is 12.5 Å². The lowest BCUT2D eigenvalue weighted by atomic mass is 9.69. The van der Waals surface area contributed by atoms with Crippen molar-refractivity contribution in [3.05, 3.63) is 0 Å². The molecule has 1 rings (SSSR count). The van der Waals surface area contributed by atoms with Crippen LogP contribution >= 0.6 is 0 Å². The highest BCUT2D eigenvalue weighted by Gasteiger charge is 2.31. The van der Waals surface area contributed by atoms with E-state index in [9.17, 15) is 0 Å². The predicted molar refractivity (Wildman–Crippen MR) is 80.5 cm³/mol. The number of terminal acetylenes is 1. The Kier molecular flexibility index (Phi) is 6.79. The summed E-state index contributed by atoms with van der Waals surface area (Å²) in [6.45, 7) is 8.35. The fourth-order valence-electron chi connectivity index (χ4n) is 3.03. The van der Waals surface area contributed by atoms with Crippen LogP contribution in [0.25, 0.3) is 0 Å². The van der Waals surface area contributed by atoms with Gasteiger partial charge in [-0.1, -0.05) is 27.2 Å². The summed E-state index contributed by atoms with van der Waals surface area (Å²) in [4.78, 5) is 0. The van der Waals surface area contributed by atoms with Crippen LogP contribution < -0.4 is 5.32 Å². The van der Waals surface area contributed by atoms with E-state index in [4.69, 9.17) is 6.42 Å². The van der Waals surface area contributed by atoms with Gasteiger partial charge in [0.05, 0.1) is 0 Å². The van der Waals surface area contributed by atoms with Crippen LogP contribution in [0.4, 0.5) is 0 Å². The standard InChI is InChI=1S/C17H31N/c1-5-7-8-9-14-18-16-12-10-15(11-13-16)17(3,4)6-2/h1,15-16,18H,6-14H2,2-4H3. The van der Waals surface area contributed by atoms with E-state index in [1.54, 1.807) is 0 Å². The van der Waals surface area contributed by atoms with Crippen LogP contribution in [-0.2, 0) is 0 Å². The third-order valence-electron chi connectivity index (χ3n) is 4.92. The lowest BCUT2D eigenvalue weighted by molar-refractivity contribution is 0.137. The molecule has 0 saturated heterocycles. The monoisotopic (exact) mass is 249 g/mol. The molecule has 1 saturated carbocycles. The summed E-state index contributed by atoms with van der Waals surface area (Å²) in [5.74, 6) is 3.64. The Morgan fingerprint density at radius 1 is 1.17 bits per heavy atom. The molecular formula is C17H31N. The van der Waals surface area contributed by atoms with E-state index in [1.165, 1.54) is 44.9 Å². The van der Waals surface area contributed by atoms with Crippen molar-refractivity contribution < 1.29 is 0 Å². The highest BCUT2D eigenvalue weighted by atomic mass is 14.9. The molecular weight excluding hydrogens is 218 g/mol. The summed E-state index contributed by atoms with van der Waals surface area (Å²) in [6.07, 6.45) is 15.4. The van der Waals surface area contributed by atoms with Gasteiger partial charge in [0.15, 0.2) is 0 Å². The van der Waals surface area contributed by atoms with Crippen LogP contribution in [0, 0.1) is 23.7 Å². The topological polar surface area (TPSA) is 12.0 Å². The first-order valence-electron chi connectivity index (χ1n) is 7.77. The minimum Gasteiger partial charge on any atom is -0.314 e. The molecule has 1 nitrogen and oxygen atoms in total. The van der Waals surface area contributed by atoms with Gasteiger partial charge in [0.2, 0.25) is 0 Å². The van der Waals surface area contributed by atoms with Gasteiger partial charge in [0.1, 0.15) is 0 Å². The maximum atomic E-state index is 5.25. The van der Waals surface area contributed by atoms with E-state index in [-0.39, 0.29) is 0 Å². The zero-order valence-electron chi connectivity index (χ0n) is 12.6. The molecule has 0 spiro atoms. The van der Waals surface area contributed by atoms with Crippen LogP contribution in [0.2, 0.25) is 0 Å². The maximum Gasteiger partial charge on any atom is 0.00865 e. The first-order valence-corrected chi connectivity index (χ1v) is 7.77. The molecule has 0 bridgehead atoms. The summed E-state index contributed by atoms with van der Waals surface area (Å²) >= 11 is 0. The van der Waals surface area contributed by atoms with Crippen LogP contribution in [-0.4, -0.2) is 12.6 Å². The number of nitrogens with one attached hydrogen (secondary N) is 1. The molecule has 0 aromatic heterocycles. The van der Waals surface area contributed by atoms with Crippen molar-refractivity contribution in [2.45, 2.75) is 78.2 Å². The first kappa shape index (κ1) is 15.6. The van der Waals surface area contributed by atoms with E-state index < -0.39 is 0 Å². The number of unbranched alkanes of at least 4 members (excludes halogenated alkanes) is 2. The Hall–Kier alpha value is -0.480. The smallest absolute Gasteiger partial charge is 0.00865 e. The maximum absolute atomic E-state index is 5.25. The van der Waals surface area contributed by atoms with Crippen LogP contribution in [0.1, 0.15) is 72.1 Å². The van der Waals surface area contributed by atoms with Gasteiger partial charge in [-0.3, -0.25) is 0 Å². The highest BCUT2D eigenvalue weighted by Crippen LogP contribution is 2.40. The average Bonchev–Trinajstić information content (AvgIpc) is 2.39. The van der Waals surface area contributed by atoms with E-state index in [1.807, 2.05) is 0 Å². The lowest BCUT2D eigenvalue weighted by Crippen LogP contribution is -2.37. The van der Waals surface area contributed by atoms with E-state index in [2.05, 4.69) is 32.0 Å². The van der Waals surface area contributed by atoms with Gasteiger partial charge in [-0.2, -0.15) is 0 Å². The van der Waals surface area contributed by atoms with Crippen molar-refractivity contribution in [2.75, 3.05) is 6.54 Å². The van der Waals surface area contributed by atoms with Gasteiger partial charge in [-0.05, 0) is 56.4 Å².